The third kappa shape index (κ3) is 6.43. The topological polar surface area (TPSA) is 46.3 Å². The molecule has 4 nitrogen and oxygen atoms in total. The molecule has 1 rings (SSSR count). The van der Waals surface area contributed by atoms with Crippen molar-refractivity contribution in [3.05, 3.63) is 48.1 Å². The van der Waals surface area contributed by atoms with Crippen LogP contribution < -0.4 is 0 Å². The fraction of sp³-hybridized carbons (Fsp3) is 0.450. The third-order valence-corrected chi connectivity index (χ3v) is 4.01. The minimum absolute atomic E-state index is 0.140. The molecule has 2 unspecified atom stereocenters. The van der Waals surface area contributed by atoms with Gasteiger partial charge in [-0.2, -0.15) is 0 Å². The van der Waals surface area contributed by atoms with Crippen LogP contribution >= 0.6 is 0 Å². The molecule has 148 valence electrons. The zero-order valence-corrected chi connectivity index (χ0v) is 16.1. The lowest BCUT2D eigenvalue weighted by molar-refractivity contribution is -0.0832. The van der Waals surface area contributed by atoms with Crippen molar-refractivity contribution in [3.8, 4) is 0 Å². The van der Waals surface area contributed by atoms with Gasteiger partial charge in [0.1, 0.15) is 0 Å². The highest BCUT2D eigenvalue weighted by atomic mass is 19.3. The molecule has 0 saturated heterocycles. The standard InChI is InChI=1S/C20H26F3N3O/c1-14(8-7-11-24-3)17(13-27-5)26-19(25-4)16-10-6-9-15(2)20(22,23)18(21)12-16/h6-9,11-12,15,18H,1,10,13H2,2-5H3/b8-7-,9-6?,16-12?,24-11?,25-19?,26-17?. The molecule has 1 aliphatic carbocycles. The molecule has 0 bridgehead atoms. The van der Waals surface area contributed by atoms with Crippen molar-refractivity contribution in [2.24, 2.45) is 20.9 Å². The summed E-state index contributed by atoms with van der Waals surface area (Å²) >= 11 is 0. The number of nitrogens with zero attached hydrogens (tertiary/aromatic N) is 3. The van der Waals surface area contributed by atoms with Gasteiger partial charge in [-0.25, -0.2) is 18.2 Å². The molecule has 0 aromatic rings. The molecule has 0 N–H and O–H groups in total. The van der Waals surface area contributed by atoms with Crippen LogP contribution in [0.1, 0.15) is 13.3 Å². The SMILES string of the molecule is C=C(/C=C\C=NC)C(COC)=NC(=NC)C1=CC(F)C(F)(F)C(C)C=CC1. The number of methoxy groups -OCH3 is 1. The Balaban J connectivity index is 3.24. The van der Waals surface area contributed by atoms with Crippen LogP contribution in [0.25, 0.3) is 0 Å². The summed E-state index contributed by atoms with van der Waals surface area (Å²) in [6.45, 7) is 5.35. The maximum absolute atomic E-state index is 14.2. The molecule has 0 saturated carbocycles. The van der Waals surface area contributed by atoms with Crippen LogP contribution in [-0.4, -0.2) is 57.7 Å². The van der Waals surface area contributed by atoms with Gasteiger partial charge in [0.25, 0.3) is 5.92 Å². The number of halogens is 3. The van der Waals surface area contributed by atoms with Gasteiger partial charge in [-0.05, 0) is 29.7 Å². The summed E-state index contributed by atoms with van der Waals surface area (Å²) in [7, 11) is 4.61. The molecule has 0 aromatic heterocycles. The van der Waals surface area contributed by atoms with Crippen molar-refractivity contribution in [2.45, 2.75) is 25.4 Å². The highest BCUT2D eigenvalue weighted by Gasteiger charge is 2.44. The number of hydrogen-bond acceptors (Lipinski definition) is 3. The second-order valence-electron chi connectivity index (χ2n) is 6.02. The van der Waals surface area contributed by atoms with Gasteiger partial charge in [0.15, 0.2) is 12.0 Å². The first-order chi connectivity index (χ1) is 12.8. The molecule has 27 heavy (non-hydrogen) atoms. The maximum atomic E-state index is 14.2. The molecule has 0 spiro atoms. The Morgan fingerprint density at radius 1 is 1.41 bits per heavy atom. The summed E-state index contributed by atoms with van der Waals surface area (Å²) in [6, 6.07) is 0. The van der Waals surface area contributed by atoms with Gasteiger partial charge in [-0.1, -0.05) is 31.7 Å². The number of ether oxygens (including phenoxy) is 1. The number of rotatable bonds is 6. The Hall–Kier alpha value is -2.28. The largest absolute Gasteiger partial charge is 0.378 e. The zero-order chi connectivity index (χ0) is 20.4. The minimum Gasteiger partial charge on any atom is -0.378 e. The molecule has 0 amide bonds. The summed E-state index contributed by atoms with van der Waals surface area (Å²) in [5, 5.41) is 0. The van der Waals surface area contributed by atoms with E-state index in [0.717, 1.165) is 6.08 Å². The second kappa shape index (κ2) is 10.8. The van der Waals surface area contributed by atoms with Gasteiger partial charge in [0.2, 0.25) is 0 Å². The molecular formula is C20H26F3N3O. The first-order valence-corrected chi connectivity index (χ1v) is 8.48. The normalized spacial score (nSPS) is 24.2. The maximum Gasteiger partial charge on any atom is 0.288 e. The van der Waals surface area contributed by atoms with Crippen molar-refractivity contribution in [1.29, 1.82) is 0 Å². The molecule has 0 heterocycles. The van der Waals surface area contributed by atoms with Crippen LogP contribution in [0.4, 0.5) is 13.2 Å². The number of alkyl halides is 3. The number of amidine groups is 1. The van der Waals surface area contributed by atoms with Crippen molar-refractivity contribution in [2.75, 3.05) is 27.8 Å². The molecule has 2 atom stereocenters. The van der Waals surface area contributed by atoms with Crippen LogP contribution in [0.5, 0.6) is 0 Å². The highest BCUT2D eigenvalue weighted by molar-refractivity contribution is 6.13. The van der Waals surface area contributed by atoms with Crippen LogP contribution in [0.2, 0.25) is 0 Å². The van der Waals surface area contributed by atoms with Crippen LogP contribution in [0.15, 0.2) is 63.1 Å². The molecule has 1 aliphatic rings. The van der Waals surface area contributed by atoms with Gasteiger partial charge in [-0.3, -0.25) is 9.98 Å². The fourth-order valence-corrected chi connectivity index (χ4v) is 2.37. The van der Waals surface area contributed by atoms with E-state index in [0.29, 0.717) is 11.3 Å². The fourth-order valence-electron chi connectivity index (χ4n) is 2.37. The van der Waals surface area contributed by atoms with Crippen molar-refractivity contribution in [3.63, 3.8) is 0 Å². The van der Waals surface area contributed by atoms with E-state index in [1.807, 2.05) is 0 Å². The average Bonchev–Trinajstić information content (AvgIpc) is 2.63. The Bertz CT molecular complexity index is 703. The van der Waals surface area contributed by atoms with E-state index < -0.39 is 18.0 Å². The van der Waals surface area contributed by atoms with Crippen molar-refractivity contribution >= 4 is 17.8 Å². The molecule has 0 aromatic carbocycles. The minimum atomic E-state index is -3.49. The van der Waals surface area contributed by atoms with Crippen LogP contribution in [0, 0.1) is 5.92 Å². The van der Waals surface area contributed by atoms with Gasteiger partial charge >= 0.3 is 0 Å². The van der Waals surface area contributed by atoms with Gasteiger partial charge < -0.3 is 4.74 Å². The summed E-state index contributed by atoms with van der Waals surface area (Å²) in [4.78, 5) is 12.3. The lowest BCUT2D eigenvalue weighted by Gasteiger charge is -2.25. The van der Waals surface area contributed by atoms with E-state index in [1.165, 1.54) is 27.2 Å². The summed E-state index contributed by atoms with van der Waals surface area (Å²) < 4.78 is 47.5. The molecule has 7 heteroatoms. The van der Waals surface area contributed by atoms with Crippen LogP contribution in [0.3, 0.4) is 0 Å². The lowest BCUT2D eigenvalue weighted by Crippen LogP contribution is -2.36. The third-order valence-electron chi connectivity index (χ3n) is 4.01. The second-order valence-corrected chi connectivity index (χ2v) is 6.02. The summed E-state index contributed by atoms with van der Waals surface area (Å²) in [6.07, 6.45) is 6.60. The Kier molecular flexibility index (Phi) is 9.08. The molecule has 0 aliphatic heterocycles. The first kappa shape index (κ1) is 22.8. The summed E-state index contributed by atoms with van der Waals surface area (Å²) in [5.41, 5.74) is 1.30. The molecular weight excluding hydrogens is 355 g/mol. The van der Waals surface area contributed by atoms with Crippen LogP contribution in [-0.2, 0) is 4.74 Å². The average molecular weight is 381 g/mol. The molecule has 0 fully saturated rings. The summed E-state index contributed by atoms with van der Waals surface area (Å²) in [5.74, 6) is -4.52. The van der Waals surface area contributed by atoms with Crippen molar-refractivity contribution < 1.29 is 17.9 Å². The first-order valence-electron chi connectivity index (χ1n) is 8.48. The smallest absolute Gasteiger partial charge is 0.288 e. The van der Waals surface area contributed by atoms with Gasteiger partial charge in [0.05, 0.1) is 12.3 Å². The number of hydrogen-bond donors (Lipinski definition) is 0. The van der Waals surface area contributed by atoms with E-state index in [2.05, 4.69) is 21.6 Å². The van der Waals surface area contributed by atoms with E-state index >= 15 is 0 Å². The Morgan fingerprint density at radius 3 is 2.70 bits per heavy atom. The molecule has 0 radical (unpaired) electrons. The Labute approximate surface area is 158 Å². The van der Waals surface area contributed by atoms with Crippen molar-refractivity contribution in [1.82, 2.24) is 0 Å². The lowest BCUT2D eigenvalue weighted by atomic mass is 9.93. The zero-order valence-electron chi connectivity index (χ0n) is 16.1. The van der Waals surface area contributed by atoms with Gasteiger partial charge in [0, 0.05) is 33.3 Å². The predicted octanol–water partition coefficient (Wildman–Crippen LogP) is 4.41. The highest BCUT2D eigenvalue weighted by Crippen LogP contribution is 2.34. The number of aliphatic imine (C=N–C) groups is 3. The Morgan fingerprint density at radius 2 is 2.11 bits per heavy atom. The van der Waals surface area contributed by atoms with E-state index in [-0.39, 0.29) is 24.4 Å². The quantitative estimate of drug-likeness (QED) is 0.291. The van der Waals surface area contributed by atoms with Gasteiger partial charge in [-0.15, -0.1) is 0 Å². The predicted molar refractivity (Wildman–Crippen MR) is 106 cm³/mol. The number of allylic oxidation sites excluding steroid dienone is 5. The van der Waals surface area contributed by atoms with E-state index in [9.17, 15) is 13.2 Å². The van der Waals surface area contributed by atoms with E-state index in [1.54, 1.807) is 31.5 Å². The van der Waals surface area contributed by atoms with E-state index in [4.69, 9.17) is 4.74 Å². The monoisotopic (exact) mass is 381 g/mol.